The number of fused-ring (bicyclic) bond motifs is 1. The maximum absolute atomic E-state index is 14.2. The van der Waals surface area contributed by atoms with Crippen molar-refractivity contribution in [2.24, 2.45) is 0 Å². The Bertz CT molecular complexity index is 1200. The van der Waals surface area contributed by atoms with E-state index < -0.39 is 5.82 Å². The fourth-order valence-electron chi connectivity index (χ4n) is 4.88. The average molecular weight is 509 g/mol. The normalized spacial score (nSPS) is 19.1. The summed E-state index contributed by atoms with van der Waals surface area (Å²) < 4.78 is 25.8. The summed E-state index contributed by atoms with van der Waals surface area (Å²) in [6.07, 6.45) is 2.49. The van der Waals surface area contributed by atoms with E-state index in [1.807, 2.05) is 29.6 Å². The van der Waals surface area contributed by atoms with Gasteiger partial charge in [-0.2, -0.15) is 0 Å². The zero-order valence-electron chi connectivity index (χ0n) is 20.0. The molecule has 2 aromatic carbocycles. The van der Waals surface area contributed by atoms with E-state index in [4.69, 9.17) is 9.47 Å². The molecule has 6 nitrogen and oxygen atoms in total. The van der Waals surface area contributed by atoms with Gasteiger partial charge in [0.2, 0.25) is 5.91 Å². The molecule has 0 radical (unpaired) electrons. The molecule has 0 spiro atoms. The van der Waals surface area contributed by atoms with Crippen LogP contribution in [0, 0.1) is 5.82 Å². The van der Waals surface area contributed by atoms with E-state index in [-0.39, 0.29) is 42.9 Å². The van der Waals surface area contributed by atoms with E-state index in [9.17, 15) is 14.0 Å². The lowest BCUT2D eigenvalue weighted by Crippen LogP contribution is -2.49. The van der Waals surface area contributed by atoms with Crippen LogP contribution in [0.5, 0.6) is 5.75 Å². The number of hydrogen-bond donors (Lipinski definition) is 0. The molecule has 0 bridgehead atoms. The maximum Gasteiger partial charge on any atom is 0.254 e. The highest BCUT2D eigenvalue weighted by molar-refractivity contribution is 7.10. The molecule has 2 aliphatic heterocycles. The molecule has 0 saturated carbocycles. The standard InChI is InChI=1S/C28H29FN2O4S/c29-23-10-4-5-11-25(23)35-19-24-22-13-16-36-26(22)12-14-31(24)27(32)18-30(17-21-9-6-15-34-21)28(33)20-7-2-1-3-8-20/h1-5,7-8,10-11,13,16,21,24H,6,9,12,14-15,17-19H2. The number of carbonyl (C=O) groups is 2. The molecule has 0 aliphatic carbocycles. The zero-order chi connectivity index (χ0) is 24.9. The van der Waals surface area contributed by atoms with Crippen molar-refractivity contribution >= 4 is 23.2 Å². The second-order valence-electron chi connectivity index (χ2n) is 9.08. The minimum absolute atomic E-state index is 0.0523. The summed E-state index contributed by atoms with van der Waals surface area (Å²) in [6.45, 7) is 1.64. The fraction of sp³-hybridized carbons (Fsp3) is 0.357. The number of thiophene rings is 1. The van der Waals surface area contributed by atoms with Crippen LogP contribution in [0.15, 0.2) is 66.0 Å². The smallest absolute Gasteiger partial charge is 0.254 e. The van der Waals surface area contributed by atoms with E-state index in [0.717, 1.165) is 24.8 Å². The van der Waals surface area contributed by atoms with Crippen molar-refractivity contribution in [1.82, 2.24) is 9.80 Å². The molecule has 2 aliphatic rings. The molecular formula is C28H29FN2O4S. The molecule has 3 aromatic rings. The van der Waals surface area contributed by atoms with E-state index in [2.05, 4.69) is 0 Å². The van der Waals surface area contributed by atoms with Crippen molar-refractivity contribution < 1.29 is 23.5 Å². The molecule has 1 saturated heterocycles. The Balaban J connectivity index is 1.35. The summed E-state index contributed by atoms with van der Waals surface area (Å²) in [7, 11) is 0. The van der Waals surface area contributed by atoms with Crippen LogP contribution in [-0.4, -0.2) is 60.6 Å². The van der Waals surface area contributed by atoms with Crippen LogP contribution < -0.4 is 4.74 Å². The Morgan fingerprint density at radius 2 is 1.92 bits per heavy atom. The van der Waals surface area contributed by atoms with Gasteiger partial charge in [0, 0.05) is 30.1 Å². The largest absolute Gasteiger partial charge is 0.488 e. The first-order valence-electron chi connectivity index (χ1n) is 12.3. The second kappa shape index (κ2) is 11.2. The molecule has 36 heavy (non-hydrogen) atoms. The first-order valence-corrected chi connectivity index (χ1v) is 13.2. The van der Waals surface area contributed by atoms with Gasteiger partial charge in [0.25, 0.3) is 5.91 Å². The van der Waals surface area contributed by atoms with Crippen molar-refractivity contribution in [3.63, 3.8) is 0 Å². The maximum atomic E-state index is 14.2. The van der Waals surface area contributed by atoms with Gasteiger partial charge in [-0.3, -0.25) is 9.59 Å². The quantitative estimate of drug-likeness (QED) is 0.442. The van der Waals surface area contributed by atoms with Gasteiger partial charge in [-0.15, -0.1) is 11.3 Å². The van der Waals surface area contributed by atoms with Crippen LogP contribution >= 0.6 is 11.3 Å². The molecule has 2 unspecified atom stereocenters. The molecule has 5 rings (SSSR count). The molecule has 2 amide bonds. The van der Waals surface area contributed by atoms with E-state index in [1.54, 1.807) is 51.5 Å². The van der Waals surface area contributed by atoms with Crippen LogP contribution in [0.3, 0.4) is 0 Å². The Hall–Kier alpha value is -3.23. The number of halogens is 1. The lowest BCUT2D eigenvalue weighted by molar-refractivity contribution is -0.135. The van der Waals surface area contributed by atoms with Gasteiger partial charge in [0.05, 0.1) is 12.1 Å². The van der Waals surface area contributed by atoms with Gasteiger partial charge in [-0.25, -0.2) is 4.39 Å². The molecule has 1 fully saturated rings. The van der Waals surface area contributed by atoms with E-state index in [0.29, 0.717) is 25.3 Å². The van der Waals surface area contributed by atoms with Crippen LogP contribution in [0.1, 0.15) is 39.7 Å². The van der Waals surface area contributed by atoms with Gasteiger partial charge < -0.3 is 19.3 Å². The van der Waals surface area contributed by atoms with Crippen molar-refractivity contribution in [2.75, 3.05) is 32.8 Å². The van der Waals surface area contributed by atoms with Crippen LogP contribution in [0.4, 0.5) is 4.39 Å². The molecule has 1 aromatic heterocycles. The third-order valence-electron chi connectivity index (χ3n) is 6.73. The minimum atomic E-state index is -0.437. The fourth-order valence-corrected chi connectivity index (χ4v) is 5.80. The van der Waals surface area contributed by atoms with Crippen molar-refractivity contribution in [1.29, 1.82) is 0 Å². The third kappa shape index (κ3) is 5.44. The van der Waals surface area contributed by atoms with Gasteiger partial charge in [-0.05, 0) is 60.5 Å². The van der Waals surface area contributed by atoms with Gasteiger partial charge in [0.1, 0.15) is 13.2 Å². The SMILES string of the molecule is O=C(c1ccccc1)N(CC(=O)N1CCc2sccc2C1COc1ccccc1F)CC1CCCO1. The molecule has 0 N–H and O–H groups in total. The van der Waals surface area contributed by atoms with Crippen molar-refractivity contribution in [3.05, 3.63) is 87.9 Å². The Labute approximate surface area is 214 Å². The summed E-state index contributed by atoms with van der Waals surface area (Å²) in [5.74, 6) is -0.623. The van der Waals surface area contributed by atoms with Gasteiger partial charge >= 0.3 is 0 Å². The minimum Gasteiger partial charge on any atom is -0.488 e. The van der Waals surface area contributed by atoms with Crippen LogP contribution in [-0.2, 0) is 16.0 Å². The van der Waals surface area contributed by atoms with Gasteiger partial charge in [-0.1, -0.05) is 30.3 Å². The van der Waals surface area contributed by atoms with Crippen LogP contribution in [0.25, 0.3) is 0 Å². The zero-order valence-corrected chi connectivity index (χ0v) is 20.8. The number of amides is 2. The monoisotopic (exact) mass is 508 g/mol. The summed E-state index contributed by atoms with van der Waals surface area (Å²) >= 11 is 1.66. The summed E-state index contributed by atoms with van der Waals surface area (Å²) in [5, 5.41) is 2.01. The molecular weight excluding hydrogens is 479 g/mol. The Kier molecular flexibility index (Phi) is 7.63. The summed E-state index contributed by atoms with van der Waals surface area (Å²) in [5.41, 5.74) is 1.57. The number of carbonyl (C=O) groups excluding carboxylic acids is 2. The predicted molar refractivity (Wildman–Crippen MR) is 136 cm³/mol. The highest BCUT2D eigenvalue weighted by atomic mass is 32.1. The van der Waals surface area contributed by atoms with Crippen molar-refractivity contribution in [3.8, 4) is 5.75 Å². The second-order valence-corrected chi connectivity index (χ2v) is 10.1. The highest BCUT2D eigenvalue weighted by Crippen LogP contribution is 2.34. The van der Waals surface area contributed by atoms with E-state index in [1.165, 1.54) is 10.9 Å². The van der Waals surface area contributed by atoms with Crippen LogP contribution in [0.2, 0.25) is 0 Å². The first kappa shape index (κ1) is 24.5. The van der Waals surface area contributed by atoms with E-state index >= 15 is 0 Å². The number of rotatable bonds is 8. The Morgan fingerprint density at radius 3 is 2.69 bits per heavy atom. The predicted octanol–water partition coefficient (Wildman–Crippen LogP) is 4.71. The first-order chi connectivity index (χ1) is 17.6. The lowest BCUT2D eigenvalue weighted by Gasteiger charge is -2.37. The van der Waals surface area contributed by atoms with Gasteiger partial charge in [0.15, 0.2) is 11.6 Å². The topological polar surface area (TPSA) is 59.1 Å². The summed E-state index contributed by atoms with van der Waals surface area (Å²) in [4.78, 5) is 31.7. The average Bonchev–Trinajstić information content (AvgIpc) is 3.60. The highest BCUT2D eigenvalue weighted by Gasteiger charge is 2.34. The lowest BCUT2D eigenvalue weighted by atomic mass is 10.00. The number of benzene rings is 2. The number of nitrogens with zero attached hydrogens (tertiary/aromatic N) is 2. The van der Waals surface area contributed by atoms with Crippen molar-refractivity contribution in [2.45, 2.75) is 31.4 Å². The number of hydrogen-bond acceptors (Lipinski definition) is 5. The summed E-state index contributed by atoms with van der Waals surface area (Å²) in [6, 6.07) is 16.9. The molecule has 188 valence electrons. The molecule has 3 heterocycles. The Morgan fingerprint density at radius 1 is 1.11 bits per heavy atom. The number of para-hydroxylation sites is 1. The molecule has 2 atom stereocenters. The number of ether oxygens (including phenoxy) is 2. The molecule has 8 heteroatoms. The third-order valence-corrected chi connectivity index (χ3v) is 7.73.